The van der Waals surface area contributed by atoms with Gasteiger partial charge in [0.15, 0.2) is 0 Å². The summed E-state index contributed by atoms with van der Waals surface area (Å²) in [6.07, 6.45) is 0.952. The molecule has 0 bridgehead atoms. The zero-order chi connectivity index (χ0) is 8.20. The first-order valence-electron chi connectivity index (χ1n) is 2.95. The van der Waals surface area contributed by atoms with Gasteiger partial charge in [0.1, 0.15) is 6.34 Å². The number of nitrogens with zero attached hydrogens (tertiary/aromatic N) is 1. The van der Waals surface area contributed by atoms with Crippen molar-refractivity contribution in [1.82, 2.24) is 5.32 Å². The second-order valence-electron chi connectivity index (χ2n) is 2.97. The maximum absolute atomic E-state index is 10.9. The van der Waals surface area contributed by atoms with E-state index in [-0.39, 0.29) is 5.91 Å². The molecule has 0 aliphatic rings. The largest absolute Gasteiger partial charge is 0.410 e. The smallest absolute Gasteiger partial charge is 0.230 e. The van der Waals surface area contributed by atoms with Crippen LogP contribution in [0.15, 0.2) is 5.16 Å². The van der Waals surface area contributed by atoms with E-state index < -0.39 is 5.41 Å². The third-order valence-electron chi connectivity index (χ3n) is 0.935. The molecule has 10 heavy (non-hydrogen) atoms. The van der Waals surface area contributed by atoms with Crippen LogP contribution in [-0.2, 0) is 4.79 Å². The summed E-state index contributed by atoms with van der Waals surface area (Å²) in [6, 6.07) is 0. The molecule has 0 aromatic carbocycles. The van der Waals surface area contributed by atoms with Gasteiger partial charge in [-0.05, 0) is 0 Å². The molecule has 2 N–H and O–H groups in total. The highest BCUT2D eigenvalue weighted by molar-refractivity contribution is 5.90. The van der Waals surface area contributed by atoms with Crippen LogP contribution in [0.25, 0.3) is 0 Å². The Kier molecular flexibility index (Phi) is 2.86. The van der Waals surface area contributed by atoms with Crippen LogP contribution in [0.5, 0.6) is 0 Å². The van der Waals surface area contributed by atoms with E-state index in [1.165, 1.54) is 0 Å². The Hall–Kier alpha value is -1.06. The maximum Gasteiger partial charge on any atom is 0.230 e. The molecule has 1 amide bonds. The highest BCUT2D eigenvalue weighted by Gasteiger charge is 2.19. The number of hydrogen-bond donors (Lipinski definition) is 2. The summed E-state index contributed by atoms with van der Waals surface area (Å²) in [7, 11) is 0. The molecule has 0 saturated heterocycles. The number of rotatable bonds is 1. The zero-order valence-electron chi connectivity index (χ0n) is 6.38. The number of hydrogen-bond acceptors (Lipinski definition) is 3. The molecule has 0 atom stereocenters. The van der Waals surface area contributed by atoms with Gasteiger partial charge >= 0.3 is 0 Å². The second kappa shape index (κ2) is 3.20. The normalized spacial score (nSPS) is 11.9. The molecule has 0 aliphatic heterocycles. The first-order valence-corrected chi connectivity index (χ1v) is 2.95. The lowest BCUT2D eigenvalue weighted by Crippen LogP contribution is -2.33. The minimum atomic E-state index is -0.443. The summed E-state index contributed by atoms with van der Waals surface area (Å²) in [4.78, 5) is 10.9. The molecule has 0 aliphatic carbocycles. The minimum Gasteiger partial charge on any atom is -0.410 e. The lowest BCUT2D eigenvalue weighted by Gasteiger charge is -2.14. The van der Waals surface area contributed by atoms with Gasteiger partial charge in [0.2, 0.25) is 5.91 Å². The fourth-order valence-corrected chi connectivity index (χ4v) is 0.304. The van der Waals surface area contributed by atoms with Gasteiger partial charge in [-0.3, -0.25) is 4.79 Å². The predicted octanol–water partition coefficient (Wildman–Crippen LogP) is 0.566. The van der Waals surface area contributed by atoms with Gasteiger partial charge < -0.3 is 10.5 Å². The van der Waals surface area contributed by atoms with E-state index in [0.29, 0.717) is 0 Å². The Morgan fingerprint density at radius 2 is 2.10 bits per heavy atom. The van der Waals surface area contributed by atoms with Crippen LogP contribution in [0.3, 0.4) is 0 Å². The van der Waals surface area contributed by atoms with E-state index in [2.05, 4.69) is 10.5 Å². The number of amides is 1. The lowest BCUT2D eigenvalue weighted by atomic mass is 9.96. The number of carbonyl (C=O) groups excluding carboxylic acids is 1. The van der Waals surface area contributed by atoms with Crippen molar-refractivity contribution in [3.63, 3.8) is 0 Å². The van der Waals surface area contributed by atoms with Crippen molar-refractivity contribution in [2.45, 2.75) is 20.8 Å². The third-order valence-corrected chi connectivity index (χ3v) is 0.935. The number of carbonyl (C=O) groups is 1. The highest BCUT2D eigenvalue weighted by Crippen LogP contribution is 2.11. The molecule has 0 spiro atoms. The van der Waals surface area contributed by atoms with Gasteiger partial charge in [-0.1, -0.05) is 25.9 Å². The Balaban J connectivity index is 3.86. The van der Waals surface area contributed by atoms with Crippen LogP contribution in [0.2, 0.25) is 0 Å². The van der Waals surface area contributed by atoms with E-state index in [1.807, 2.05) is 0 Å². The minimum absolute atomic E-state index is 0.176. The van der Waals surface area contributed by atoms with Crippen molar-refractivity contribution in [3.8, 4) is 0 Å². The first-order chi connectivity index (χ1) is 4.48. The Bertz CT molecular complexity index is 146. The van der Waals surface area contributed by atoms with Crippen LogP contribution in [-0.4, -0.2) is 17.5 Å². The molecular weight excluding hydrogens is 132 g/mol. The van der Waals surface area contributed by atoms with E-state index >= 15 is 0 Å². The predicted molar refractivity (Wildman–Crippen MR) is 37.9 cm³/mol. The second-order valence-corrected chi connectivity index (χ2v) is 2.97. The summed E-state index contributed by atoms with van der Waals surface area (Å²) in [5.74, 6) is -0.176. The fourth-order valence-electron chi connectivity index (χ4n) is 0.304. The zero-order valence-corrected chi connectivity index (χ0v) is 6.38. The van der Waals surface area contributed by atoms with Crippen LogP contribution in [0.4, 0.5) is 0 Å². The van der Waals surface area contributed by atoms with Gasteiger partial charge in [0.05, 0.1) is 0 Å². The van der Waals surface area contributed by atoms with Crippen LogP contribution in [0, 0.1) is 5.41 Å². The van der Waals surface area contributed by atoms with Gasteiger partial charge in [-0.25, -0.2) is 0 Å². The van der Waals surface area contributed by atoms with Crippen LogP contribution < -0.4 is 5.32 Å². The van der Waals surface area contributed by atoms with Gasteiger partial charge in [-0.15, -0.1) is 0 Å². The van der Waals surface area contributed by atoms with E-state index in [4.69, 9.17) is 5.21 Å². The summed E-state index contributed by atoms with van der Waals surface area (Å²) >= 11 is 0. The summed E-state index contributed by atoms with van der Waals surface area (Å²) < 4.78 is 0. The molecule has 0 heterocycles. The molecule has 0 aromatic heterocycles. The van der Waals surface area contributed by atoms with Crippen LogP contribution in [0.1, 0.15) is 20.8 Å². The molecule has 0 aromatic rings. The first kappa shape index (κ1) is 8.94. The number of nitrogens with one attached hydrogen (secondary N) is 1. The molecule has 0 rings (SSSR count). The monoisotopic (exact) mass is 144 g/mol. The lowest BCUT2D eigenvalue weighted by molar-refractivity contribution is -0.126. The fraction of sp³-hybridized carbons (Fsp3) is 0.667. The maximum atomic E-state index is 10.9. The topological polar surface area (TPSA) is 61.7 Å². The Morgan fingerprint density at radius 1 is 1.60 bits per heavy atom. The average molecular weight is 144 g/mol. The van der Waals surface area contributed by atoms with Gasteiger partial charge in [-0.2, -0.15) is 0 Å². The molecule has 4 nitrogen and oxygen atoms in total. The van der Waals surface area contributed by atoms with Crippen molar-refractivity contribution >= 4 is 12.2 Å². The SMILES string of the molecule is CC(C)(C)C(=O)NC=NO. The number of oxime groups is 1. The summed E-state index contributed by atoms with van der Waals surface area (Å²) in [5, 5.41) is 12.9. The van der Waals surface area contributed by atoms with E-state index in [9.17, 15) is 4.79 Å². The molecule has 0 saturated carbocycles. The van der Waals surface area contributed by atoms with Crippen molar-refractivity contribution in [1.29, 1.82) is 0 Å². The Labute approximate surface area is 59.9 Å². The highest BCUT2D eigenvalue weighted by atomic mass is 16.4. The summed E-state index contributed by atoms with van der Waals surface area (Å²) in [6.45, 7) is 5.31. The van der Waals surface area contributed by atoms with Crippen LogP contribution >= 0.6 is 0 Å². The van der Waals surface area contributed by atoms with Crippen molar-refractivity contribution in [2.75, 3.05) is 0 Å². The molecule has 58 valence electrons. The molecular formula is C6H12N2O2. The van der Waals surface area contributed by atoms with E-state index in [1.54, 1.807) is 20.8 Å². The van der Waals surface area contributed by atoms with Gasteiger partial charge in [0, 0.05) is 5.41 Å². The molecule has 0 radical (unpaired) electrons. The molecule has 4 heteroatoms. The van der Waals surface area contributed by atoms with E-state index in [0.717, 1.165) is 6.34 Å². The van der Waals surface area contributed by atoms with Gasteiger partial charge in [0.25, 0.3) is 0 Å². The van der Waals surface area contributed by atoms with Crippen molar-refractivity contribution in [3.05, 3.63) is 0 Å². The molecule has 0 fully saturated rings. The van der Waals surface area contributed by atoms with Crippen molar-refractivity contribution < 1.29 is 10.0 Å². The average Bonchev–Trinajstić information content (AvgIpc) is 1.80. The standard InChI is InChI=1S/C6H12N2O2/c1-6(2,3)5(9)7-4-8-10/h4,10H,1-3H3,(H,7,8,9). The van der Waals surface area contributed by atoms with Crippen molar-refractivity contribution in [2.24, 2.45) is 10.6 Å². The Morgan fingerprint density at radius 3 is 2.40 bits per heavy atom. The third kappa shape index (κ3) is 3.06. The summed E-state index contributed by atoms with van der Waals surface area (Å²) in [5.41, 5.74) is -0.443. The quantitative estimate of drug-likeness (QED) is 0.244. The molecule has 0 unspecified atom stereocenters.